The first-order valence-electron chi connectivity index (χ1n) is 7.04. The number of likely N-dealkylation sites (tertiary alicyclic amines) is 1. The summed E-state index contributed by atoms with van der Waals surface area (Å²) in [5.41, 5.74) is 0.634. The van der Waals surface area contributed by atoms with Crippen molar-refractivity contribution in [3.8, 4) is 0 Å². The number of ether oxygens (including phenoxy) is 1. The largest absolute Gasteiger partial charge is 0.444 e. The van der Waals surface area contributed by atoms with Crippen LogP contribution in [0.4, 0.5) is 4.79 Å². The van der Waals surface area contributed by atoms with Crippen molar-refractivity contribution in [2.45, 2.75) is 38.8 Å². The fourth-order valence-electron chi connectivity index (χ4n) is 2.23. The van der Waals surface area contributed by atoms with Gasteiger partial charge in [-0.3, -0.25) is 4.21 Å². The van der Waals surface area contributed by atoms with E-state index in [0.717, 1.165) is 5.69 Å². The lowest BCUT2D eigenvalue weighted by atomic mass is 9.97. The summed E-state index contributed by atoms with van der Waals surface area (Å²) in [5, 5.41) is 0. The molecule has 0 bridgehead atoms. The molecule has 1 fully saturated rings. The van der Waals surface area contributed by atoms with Crippen LogP contribution in [0.25, 0.3) is 0 Å². The van der Waals surface area contributed by atoms with Crippen LogP contribution in [-0.2, 0) is 22.1 Å². The monoisotopic (exact) mass is 313 g/mol. The third-order valence-electron chi connectivity index (χ3n) is 3.32. The minimum absolute atomic E-state index is 0.264. The van der Waals surface area contributed by atoms with E-state index in [1.54, 1.807) is 17.5 Å². The number of nitrogens with zero attached hydrogens (tertiary/aromatic N) is 3. The quantitative estimate of drug-likeness (QED) is 0.847. The minimum Gasteiger partial charge on any atom is -0.444 e. The molecule has 118 valence electrons. The lowest BCUT2D eigenvalue weighted by molar-refractivity contribution is 0.00760. The van der Waals surface area contributed by atoms with Crippen LogP contribution in [-0.4, -0.2) is 55.5 Å². The van der Waals surface area contributed by atoms with E-state index in [2.05, 4.69) is 4.98 Å². The number of carbonyl (C=O) groups excluding carboxylic acids is 1. The maximum atomic E-state index is 11.9. The van der Waals surface area contributed by atoms with Crippen LogP contribution < -0.4 is 0 Å². The molecule has 1 aliphatic rings. The molecule has 0 aliphatic carbocycles. The van der Waals surface area contributed by atoms with E-state index in [9.17, 15) is 9.00 Å². The standard InChI is InChI=1S/C14H23N3O3S/c1-14(2,3)20-13(18)17-8-11(9-17)12-7-15-10-16(12)5-6-21(4)19/h7,10-11H,5-6,8-9H2,1-4H3. The van der Waals surface area contributed by atoms with Crippen molar-refractivity contribution >= 4 is 16.9 Å². The number of carbonyl (C=O) groups is 1. The van der Waals surface area contributed by atoms with Gasteiger partial charge in [-0.25, -0.2) is 9.78 Å². The van der Waals surface area contributed by atoms with Gasteiger partial charge in [0.1, 0.15) is 5.60 Å². The molecule has 1 saturated heterocycles. The Hall–Kier alpha value is -1.37. The normalized spacial score (nSPS) is 17.4. The Balaban J connectivity index is 1.88. The van der Waals surface area contributed by atoms with Crippen molar-refractivity contribution in [2.24, 2.45) is 0 Å². The maximum Gasteiger partial charge on any atom is 0.410 e. The molecule has 0 radical (unpaired) electrons. The summed E-state index contributed by atoms with van der Waals surface area (Å²) >= 11 is 0. The van der Waals surface area contributed by atoms with Gasteiger partial charge in [0.05, 0.1) is 6.33 Å². The molecule has 1 aromatic rings. The Bertz CT molecular complexity index is 530. The average Bonchev–Trinajstić information content (AvgIpc) is 2.69. The highest BCUT2D eigenvalue weighted by atomic mass is 32.2. The first-order valence-corrected chi connectivity index (χ1v) is 8.77. The Labute approximate surface area is 127 Å². The van der Waals surface area contributed by atoms with Crippen molar-refractivity contribution in [1.29, 1.82) is 0 Å². The highest BCUT2D eigenvalue weighted by Crippen LogP contribution is 2.28. The van der Waals surface area contributed by atoms with Gasteiger partial charge in [0.15, 0.2) is 0 Å². The van der Waals surface area contributed by atoms with E-state index in [-0.39, 0.29) is 12.0 Å². The van der Waals surface area contributed by atoms with Gasteiger partial charge < -0.3 is 14.2 Å². The summed E-state index contributed by atoms with van der Waals surface area (Å²) in [6, 6.07) is 0. The smallest absolute Gasteiger partial charge is 0.410 e. The second-order valence-corrected chi connectivity index (χ2v) is 7.93. The Morgan fingerprint density at radius 1 is 1.48 bits per heavy atom. The highest BCUT2D eigenvalue weighted by Gasteiger charge is 2.36. The lowest BCUT2D eigenvalue weighted by Gasteiger charge is -2.39. The van der Waals surface area contributed by atoms with Crippen LogP contribution in [0.2, 0.25) is 0 Å². The number of aromatic nitrogens is 2. The fourth-order valence-corrected chi connectivity index (χ4v) is 2.68. The molecule has 6 nitrogen and oxygen atoms in total. The van der Waals surface area contributed by atoms with Crippen LogP contribution in [0.3, 0.4) is 0 Å². The Morgan fingerprint density at radius 3 is 2.71 bits per heavy atom. The lowest BCUT2D eigenvalue weighted by Crippen LogP contribution is -2.50. The third-order valence-corrected chi connectivity index (χ3v) is 4.07. The van der Waals surface area contributed by atoms with Crippen molar-refractivity contribution in [3.05, 3.63) is 18.2 Å². The van der Waals surface area contributed by atoms with Crippen molar-refractivity contribution < 1.29 is 13.7 Å². The molecule has 1 amide bonds. The van der Waals surface area contributed by atoms with E-state index >= 15 is 0 Å². The molecule has 2 rings (SSSR count). The molecule has 0 saturated carbocycles. The molecular weight excluding hydrogens is 290 g/mol. The molecule has 1 aromatic heterocycles. The van der Waals surface area contributed by atoms with Crippen LogP contribution >= 0.6 is 0 Å². The second kappa shape index (κ2) is 6.17. The van der Waals surface area contributed by atoms with Crippen molar-refractivity contribution in [3.63, 3.8) is 0 Å². The summed E-state index contributed by atoms with van der Waals surface area (Å²) < 4.78 is 18.6. The van der Waals surface area contributed by atoms with Crippen molar-refractivity contribution in [2.75, 3.05) is 25.1 Å². The molecule has 21 heavy (non-hydrogen) atoms. The van der Waals surface area contributed by atoms with Gasteiger partial charge in [-0.05, 0) is 20.8 Å². The first kappa shape index (κ1) is 16.0. The minimum atomic E-state index is -0.815. The number of amides is 1. The fraction of sp³-hybridized carbons (Fsp3) is 0.714. The summed E-state index contributed by atoms with van der Waals surface area (Å²) in [6.45, 7) is 7.58. The maximum absolute atomic E-state index is 11.9. The number of hydrogen-bond acceptors (Lipinski definition) is 4. The molecule has 1 atom stereocenters. The summed E-state index contributed by atoms with van der Waals surface area (Å²) in [4.78, 5) is 17.8. The van der Waals surface area contributed by atoms with Gasteiger partial charge >= 0.3 is 6.09 Å². The molecule has 2 heterocycles. The van der Waals surface area contributed by atoms with E-state index in [1.807, 2.05) is 31.5 Å². The predicted molar refractivity (Wildman–Crippen MR) is 81.7 cm³/mol. The third kappa shape index (κ3) is 4.30. The van der Waals surface area contributed by atoms with Crippen LogP contribution in [0, 0.1) is 0 Å². The summed E-state index contributed by atoms with van der Waals surface area (Å²) in [7, 11) is -0.815. The van der Waals surface area contributed by atoms with Gasteiger partial charge in [0.2, 0.25) is 0 Å². The van der Waals surface area contributed by atoms with Gasteiger partial charge in [0.25, 0.3) is 0 Å². The summed E-state index contributed by atoms with van der Waals surface area (Å²) in [6.07, 6.45) is 5.03. The SMILES string of the molecule is CS(=O)CCn1cncc1C1CN(C(=O)OC(C)(C)C)C1. The van der Waals surface area contributed by atoms with Crippen LogP contribution in [0.1, 0.15) is 32.4 Å². The molecule has 1 unspecified atom stereocenters. The number of imidazole rings is 1. The zero-order valence-corrected chi connectivity index (χ0v) is 13.9. The van der Waals surface area contributed by atoms with Gasteiger partial charge in [-0.2, -0.15) is 0 Å². The molecule has 0 aromatic carbocycles. The van der Waals surface area contributed by atoms with E-state index < -0.39 is 16.4 Å². The highest BCUT2D eigenvalue weighted by molar-refractivity contribution is 7.84. The Kier molecular flexibility index (Phi) is 4.70. The van der Waals surface area contributed by atoms with Crippen LogP contribution in [0.5, 0.6) is 0 Å². The van der Waals surface area contributed by atoms with Gasteiger partial charge in [-0.15, -0.1) is 0 Å². The topological polar surface area (TPSA) is 64.4 Å². The molecule has 1 aliphatic heterocycles. The predicted octanol–water partition coefficient (Wildman–Crippen LogP) is 1.60. The number of aryl methyl sites for hydroxylation is 1. The summed E-state index contributed by atoms with van der Waals surface area (Å²) in [5.74, 6) is 0.900. The van der Waals surface area contributed by atoms with Crippen LogP contribution in [0.15, 0.2) is 12.5 Å². The Morgan fingerprint density at radius 2 is 2.14 bits per heavy atom. The van der Waals surface area contributed by atoms with Gasteiger partial charge in [0, 0.05) is 60.3 Å². The van der Waals surface area contributed by atoms with E-state index in [1.165, 1.54) is 0 Å². The zero-order valence-electron chi connectivity index (χ0n) is 13.0. The van der Waals surface area contributed by atoms with E-state index in [0.29, 0.717) is 25.4 Å². The molecule has 7 heteroatoms. The molecule has 0 N–H and O–H groups in total. The molecular formula is C14H23N3O3S. The van der Waals surface area contributed by atoms with Gasteiger partial charge in [-0.1, -0.05) is 0 Å². The van der Waals surface area contributed by atoms with Crippen molar-refractivity contribution in [1.82, 2.24) is 14.5 Å². The van der Waals surface area contributed by atoms with E-state index in [4.69, 9.17) is 4.74 Å². The average molecular weight is 313 g/mol. The first-order chi connectivity index (χ1) is 9.76. The number of hydrogen-bond donors (Lipinski definition) is 0. The molecule has 0 spiro atoms. The zero-order chi connectivity index (χ0) is 15.6. The number of rotatable bonds is 4. The second-order valence-electron chi connectivity index (χ2n) is 6.37.